The standard InChI is InChI=1S/C22H21NO5S/c24-22(20-9-8-18-5-1-2-6-19(18)15-20)28-16-17-4-3-7-21(14-17)29(25,26)23-10-12-27-13-11-23/h1-9,14-15H,10-13,16H2. The summed E-state index contributed by atoms with van der Waals surface area (Å²) in [6.45, 7) is 1.45. The van der Waals surface area contributed by atoms with Gasteiger partial charge in [0.1, 0.15) is 6.61 Å². The zero-order valence-corrected chi connectivity index (χ0v) is 16.6. The molecule has 0 aromatic heterocycles. The van der Waals surface area contributed by atoms with Gasteiger partial charge in [-0.15, -0.1) is 0 Å². The highest BCUT2D eigenvalue weighted by Gasteiger charge is 2.26. The predicted molar refractivity (Wildman–Crippen MR) is 109 cm³/mol. The number of rotatable bonds is 5. The summed E-state index contributed by atoms with van der Waals surface area (Å²) in [5, 5.41) is 2.01. The molecule has 1 saturated heterocycles. The second kappa shape index (κ2) is 8.32. The molecule has 0 spiro atoms. The van der Waals surface area contributed by atoms with Crippen molar-refractivity contribution >= 4 is 26.8 Å². The molecule has 0 aliphatic carbocycles. The molecule has 0 saturated carbocycles. The van der Waals surface area contributed by atoms with Gasteiger partial charge in [0.25, 0.3) is 0 Å². The Morgan fingerprint density at radius 3 is 2.48 bits per heavy atom. The summed E-state index contributed by atoms with van der Waals surface area (Å²) in [7, 11) is -3.59. The Hall–Kier alpha value is -2.74. The first-order valence-electron chi connectivity index (χ1n) is 9.37. The number of esters is 1. The molecule has 0 unspecified atom stereocenters. The van der Waals surface area contributed by atoms with Crippen molar-refractivity contribution in [3.63, 3.8) is 0 Å². The normalized spacial score (nSPS) is 15.3. The molecule has 0 radical (unpaired) electrons. The van der Waals surface area contributed by atoms with Crippen molar-refractivity contribution in [1.82, 2.24) is 4.31 Å². The third kappa shape index (κ3) is 4.32. The summed E-state index contributed by atoms with van der Waals surface area (Å²) >= 11 is 0. The number of nitrogens with zero attached hydrogens (tertiary/aromatic N) is 1. The monoisotopic (exact) mass is 411 g/mol. The molecule has 1 fully saturated rings. The topological polar surface area (TPSA) is 72.9 Å². The van der Waals surface area contributed by atoms with Crippen LogP contribution in [0.1, 0.15) is 15.9 Å². The lowest BCUT2D eigenvalue weighted by Gasteiger charge is -2.26. The minimum atomic E-state index is -3.59. The first kappa shape index (κ1) is 19.6. The van der Waals surface area contributed by atoms with Gasteiger partial charge in [0.05, 0.1) is 23.7 Å². The van der Waals surface area contributed by atoms with Gasteiger partial charge in [-0.3, -0.25) is 0 Å². The molecule has 1 aliphatic rings. The van der Waals surface area contributed by atoms with E-state index in [9.17, 15) is 13.2 Å². The lowest BCUT2D eigenvalue weighted by molar-refractivity contribution is 0.0472. The smallest absolute Gasteiger partial charge is 0.338 e. The van der Waals surface area contributed by atoms with Gasteiger partial charge in [-0.05, 0) is 40.6 Å². The SMILES string of the molecule is O=C(OCc1cccc(S(=O)(=O)N2CCOCC2)c1)c1ccc2ccccc2c1. The van der Waals surface area contributed by atoms with Crippen molar-refractivity contribution in [2.75, 3.05) is 26.3 Å². The van der Waals surface area contributed by atoms with Gasteiger partial charge in [0.2, 0.25) is 10.0 Å². The third-order valence-corrected chi connectivity index (χ3v) is 6.76. The molecule has 3 aromatic carbocycles. The Kier molecular flexibility index (Phi) is 5.62. The maximum absolute atomic E-state index is 12.8. The van der Waals surface area contributed by atoms with Crippen LogP contribution in [-0.4, -0.2) is 45.0 Å². The average molecular weight is 411 g/mol. The molecular weight excluding hydrogens is 390 g/mol. The van der Waals surface area contributed by atoms with Crippen LogP contribution in [0.3, 0.4) is 0 Å². The first-order valence-corrected chi connectivity index (χ1v) is 10.8. The van der Waals surface area contributed by atoms with E-state index in [4.69, 9.17) is 9.47 Å². The highest BCUT2D eigenvalue weighted by molar-refractivity contribution is 7.89. The molecule has 0 bridgehead atoms. The van der Waals surface area contributed by atoms with Crippen LogP contribution in [0.15, 0.2) is 71.6 Å². The summed E-state index contributed by atoms with van der Waals surface area (Å²) in [4.78, 5) is 12.6. The molecule has 1 heterocycles. The lowest BCUT2D eigenvalue weighted by Crippen LogP contribution is -2.40. The van der Waals surface area contributed by atoms with Gasteiger partial charge >= 0.3 is 5.97 Å². The van der Waals surface area contributed by atoms with Crippen molar-refractivity contribution in [1.29, 1.82) is 0 Å². The maximum atomic E-state index is 12.8. The highest BCUT2D eigenvalue weighted by Crippen LogP contribution is 2.20. The summed E-state index contributed by atoms with van der Waals surface area (Å²) < 4.78 is 37.6. The Labute approximate surface area is 169 Å². The van der Waals surface area contributed by atoms with E-state index >= 15 is 0 Å². The Morgan fingerprint density at radius 1 is 0.931 bits per heavy atom. The van der Waals surface area contributed by atoms with E-state index in [1.54, 1.807) is 36.4 Å². The predicted octanol–water partition coefficient (Wildman–Crippen LogP) is 3.22. The van der Waals surface area contributed by atoms with Crippen LogP contribution in [0.4, 0.5) is 0 Å². The number of morpholine rings is 1. The molecule has 0 amide bonds. The third-order valence-electron chi connectivity index (χ3n) is 4.86. The van der Waals surface area contributed by atoms with E-state index in [2.05, 4.69) is 0 Å². The Bertz CT molecular complexity index is 1140. The Morgan fingerprint density at radius 2 is 1.69 bits per heavy atom. The number of carbonyl (C=O) groups excluding carboxylic acids is 1. The van der Waals surface area contributed by atoms with Crippen LogP contribution in [0.5, 0.6) is 0 Å². The number of hydrogen-bond donors (Lipinski definition) is 0. The summed E-state index contributed by atoms with van der Waals surface area (Å²) in [5.74, 6) is -0.447. The van der Waals surface area contributed by atoms with E-state index in [0.717, 1.165) is 10.8 Å². The van der Waals surface area contributed by atoms with Crippen LogP contribution in [-0.2, 0) is 26.1 Å². The summed E-state index contributed by atoms with van der Waals surface area (Å²) in [6.07, 6.45) is 0. The van der Waals surface area contributed by atoms with Crippen LogP contribution in [0, 0.1) is 0 Å². The molecule has 1 aliphatic heterocycles. The molecule has 150 valence electrons. The quantitative estimate of drug-likeness (QED) is 0.603. The van der Waals surface area contributed by atoms with E-state index in [-0.39, 0.29) is 11.5 Å². The summed E-state index contributed by atoms with van der Waals surface area (Å²) in [5.41, 5.74) is 1.08. The molecule has 7 heteroatoms. The van der Waals surface area contributed by atoms with Crippen LogP contribution >= 0.6 is 0 Å². The fourth-order valence-electron chi connectivity index (χ4n) is 3.28. The zero-order chi connectivity index (χ0) is 20.3. The van der Waals surface area contributed by atoms with Crippen molar-refractivity contribution in [2.45, 2.75) is 11.5 Å². The van der Waals surface area contributed by atoms with Gasteiger partial charge in [-0.25, -0.2) is 13.2 Å². The number of fused-ring (bicyclic) bond motifs is 1. The second-order valence-corrected chi connectivity index (χ2v) is 8.74. The fraction of sp³-hybridized carbons (Fsp3) is 0.227. The van der Waals surface area contributed by atoms with Crippen molar-refractivity contribution in [2.24, 2.45) is 0 Å². The number of sulfonamides is 1. The van der Waals surface area contributed by atoms with Gasteiger partial charge in [0.15, 0.2) is 0 Å². The molecule has 29 heavy (non-hydrogen) atoms. The van der Waals surface area contributed by atoms with Gasteiger partial charge < -0.3 is 9.47 Å². The van der Waals surface area contributed by atoms with E-state index in [1.807, 2.05) is 30.3 Å². The highest BCUT2D eigenvalue weighted by atomic mass is 32.2. The molecule has 0 N–H and O–H groups in total. The summed E-state index contributed by atoms with van der Waals surface area (Å²) in [6, 6.07) is 19.7. The number of carbonyl (C=O) groups is 1. The lowest BCUT2D eigenvalue weighted by atomic mass is 10.1. The van der Waals surface area contributed by atoms with E-state index in [0.29, 0.717) is 37.4 Å². The Balaban J connectivity index is 1.47. The molecular formula is C22H21NO5S. The minimum absolute atomic E-state index is 0.00185. The largest absolute Gasteiger partial charge is 0.457 e. The van der Waals surface area contributed by atoms with Crippen LogP contribution in [0.25, 0.3) is 10.8 Å². The van der Waals surface area contributed by atoms with Crippen LogP contribution in [0.2, 0.25) is 0 Å². The van der Waals surface area contributed by atoms with E-state index in [1.165, 1.54) is 4.31 Å². The van der Waals surface area contributed by atoms with Gasteiger partial charge in [-0.2, -0.15) is 4.31 Å². The van der Waals surface area contributed by atoms with E-state index < -0.39 is 16.0 Å². The second-order valence-electron chi connectivity index (χ2n) is 6.80. The van der Waals surface area contributed by atoms with Crippen LogP contribution < -0.4 is 0 Å². The molecule has 0 atom stereocenters. The zero-order valence-electron chi connectivity index (χ0n) is 15.8. The van der Waals surface area contributed by atoms with Crippen molar-refractivity contribution in [3.05, 3.63) is 77.9 Å². The average Bonchev–Trinajstić information content (AvgIpc) is 2.78. The fourth-order valence-corrected chi connectivity index (χ4v) is 4.76. The molecule has 3 aromatic rings. The van der Waals surface area contributed by atoms with Crippen molar-refractivity contribution < 1.29 is 22.7 Å². The number of ether oxygens (including phenoxy) is 2. The van der Waals surface area contributed by atoms with Crippen molar-refractivity contribution in [3.8, 4) is 0 Å². The minimum Gasteiger partial charge on any atom is -0.457 e. The number of hydrogen-bond acceptors (Lipinski definition) is 5. The first-order chi connectivity index (χ1) is 14.0. The molecule has 4 rings (SSSR count). The number of benzene rings is 3. The van der Waals surface area contributed by atoms with Gasteiger partial charge in [0, 0.05) is 13.1 Å². The molecule has 6 nitrogen and oxygen atoms in total. The maximum Gasteiger partial charge on any atom is 0.338 e. The van der Waals surface area contributed by atoms with Gasteiger partial charge in [-0.1, -0.05) is 42.5 Å².